The number of ether oxygens (including phenoxy) is 2. The van der Waals surface area contributed by atoms with Gasteiger partial charge in [-0.3, -0.25) is 9.59 Å². The van der Waals surface area contributed by atoms with Gasteiger partial charge in [0.05, 0.1) is 14.2 Å². The van der Waals surface area contributed by atoms with Gasteiger partial charge in [0.15, 0.2) is 5.78 Å². The van der Waals surface area contributed by atoms with E-state index in [2.05, 4.69) is 12.2 Å². The molecular formula is C30H40O6. The highest BCUT2D eigenvalue weighted by atomic mass is 16.5. The molecule has 6 heteroatoms. The molecule has 0 fully saturated rings. The molecular weight excluding hydrogens is 456 g/mol. The molecule has 0 saturated carbocycles. The number of hydrogen-bond donors (Lipinski definition) is 2. The summed E-state index contributed by atoms with van der Waals surface area (Å²) in [5.41, 5.74) is 1.27. The number of rotatable bonds is 18. The predicted octanol–water partition coefficient (Wildman–Crippen LogP) is 6.96. The van der Waals surface area contributed by atoms with E-state index in [1.54, 1.807) is 18.2 Å². The van der Waals surface area contributed by atoms with Crippen molar-refractivity contribution in [2.45, 2.75) is 77.0 Å². The molecule has 2 N–H and O–H groups in total. The number of aromatic hydroxyl groups is 2. The summed E-state index contributed by atoms with van der Waals surface area (Å²) in [5, 5.41) is 19.4. The number of unbranched alkanes of at least 4 members (excludes halogenated alkanes) is 7. The van der Waals surface area contributed by atoms with Crippen LogP contribution in [0.2, 0.25) is 0 Å². The fraction of sp³-hybridized carbons (Fsp3) is 0.467. The van der Waals surface area contributed by atoms with Crippen molar-refractivity contribution in [2.24, 2.45) is 0 Å². The molecule has 0 atom stereocenters. The van der Waals surface area contributed by atoms with Crippen molar-refractivity contribution in [3.63, 3.8) is 0 Å². The Kier molecular flexibility index (Phi) is 13.2. The van der Waals surface area contributed by atoms with E-state index >= 15 is 0 Å². The molecule has 0 radical (unpaired) electrons. The van der Waals surface area contributed by atoms with Crippen LogP contribution in [-0.4, -0.2) is 36.0 Å². The number of hydrogen-bond acceptors (Lipinski definition) is 6. The van der Waals surface area contributed by atoms with E-state index in [9.17, 15) is 19.8 Å². The Morgan fingerprint density at radius 3 is 1.97 bits per heavy atom. The molecule has 0 aliphatic carbocycles. The van der Waals surface area contributed by atoms with E-state index < -0.39 is 0 Å². The number of carbonyl (C=O) groups excluding carboxylic acids is 2. The second-order valence-electron chi connectivity index (χ2n) is 9.12. The zero-order chi connectivity index (χ0) is 26.2. The van der Waals surface area contributed by atoms with Gasteiger partial charge in [0, 0.05) is 37.0 Å². The molecule has 0 unspecified atom stereocenters. The third-order valence-electron chi connectivity index (χ3n) is 6.05. The van der Waals surface area contributed by atoms with Gasteiger partial charge in [-0.1, -0.05) is 37.8 Å². The largest absolute Gasteiger partial charge is 0.508 e. The van der Waals surface area contributed by atoms with Gasteiger partial charge in [-0.15, -0.1) is 0 Å². The molecule has 2 aromatic carbocycles. The summed E-state index contributed by atoms with van der Waals surface area (Å²) in [7, 11) is 3.05. The monoisotopic (exact) mass is 496 g/mol. The van der Waals surface area contributed by atoms with Crippen LogP contribution >= 0.6 is 0 Å². The SMILES string of the molecule is COc1cc(O)cc(CC(=O)CCCC=CCCCCCCCCC(=O)c2cc(O)cc(OC)c2)c1. The molecule has 36 heavy (non-hydrogen) atoms. The van der Waals surface area contributed by atoms with Gasteiger partial charge in [-0.05, 0) is 61.9 Å². The van der Waals surface area contributed by atoms with Gasteiger partial charge in [-0.25, -0.2) is 0 Å². The fourth-order valence-electron chi connectivity index (χ4n) is 4.09. The maximum absolute atomic E-state index is 12.3. The lowest BCUT2D eigenvalue weighted by molar-refractivity contribution is -0.118. The van der Waals surface area contributed by atoms with Crippen molar-refractivity contribution in [3.8, 4) is 23.0 Å². The van der Waals surface area contributed by atoms with Crippen LogP contribution in [-0.2, 0) is 11.2 Å². The lowest BCUT2D eigenvalue weighted by atomic mass is 10.0. The first-order valence-corrected chi connectivity index (χ1v) is 12.9. The summed E-state index contributed by atoms with van der Waals surface area (Å²) in [5.74, 6) is 1.41. The van der Waals surface area contributed by atoms with E-state index in [-0.39, 0.29) is 23.1 Å². The number of phenolic OH excluding ortho intramolecular Hbond substituents is 2. The Morgan fingerprint density at radius 2 is 1.28 bits per heavy atom. The van der Waals surface area contributed by atoms with Crippen molar-refractivity contribution in [2.75, 3.05) is 14.2 Å². The van der Waals surface area contributed by atoms with E-state index in [0.717, 1.165) is 56.9 Å². The Hall–Kier alpha value is -3.28. The minimum atomic E-state index is 0.0376. The van der Waals surface area contributed by atoms with Crippen molar-refractivity contribution in [1.82, 2.24) is 0 Å². The number of methoxy groups -OCH3 is 2. The van der Waals surface area contributed by atoms with Gasteiger partial charge < -0.3 is 19.7 Å². The van der Waals surface area contributed by atoms with E-state index in [0.29, 0.717) is 36.3 Å². The second-order valence-corrected chi connectivity index (χ2v) is 9.12. The molecule has 6 nitrogen and oxygen atoms in total. The number of benzene rings is 2. The zero-order valence-corrected chi connectivity index (χ0v) is 21.6. The van der Waals surface area contributed by atoms with E-state index in [1.807, 2.05) is 0 Å². The van der Waals surface area contributed by atoms with Crippen LogP contribution in [0.25, 0.3) is 0 Å². The molecule has 0 heterocycles. The number of ketones is 2. The average molecular weight is 497 g/mol. The highest BCUT2D eigenvalue weighted by Crippen LogP contribution is 2.24. The number of carbonyl (C=O) groups is 2. The molecule has 0 aliphatic rings. The van der Waals surface area contributed by atoms with Gasteiger partial charge in [0.1, 0.15) is 28.8 Å². The molecule has 0 aromatic heterocycles. The summed E-state index contributed by atoms with van der Waals surface area (Å²) in [6.07, 6.45) is 15.0. The first-order chi connectivity index (χ1) is 17.4. The first-order valence-electron chi connectivity index (χ1n) is 12.9. The average Bonchev–Trinajstić information content (AvgIpc) is 2.85. The van der Waals surface area contributed by atoms with Crippen LogP contribution < -0.4 is 9.47 Å². The van der Waals surface area contributed by atoms with Crippen molar-refractivity contribution in [3.05, 3.63) is 59.7 Å². The number of Topliss-reactive ketones (excluding diaryl/α,β-unsaturated/α-hetero) is 2. The minimum absolute atomic E-state index is 0.0376. The third kappa shape index (κ3) is 11.4. The van der Waals surface area contributed by atoms with Crippen molar-refractivity contribution >= 4 is 11.6 Å². The lowest BCUT2D eigenvalue weighted by Gasteiger charge is -2.06. The molecule has 196 valence electrons. The summed E-state index contributed by atoms with van der Waals surface area (Å²) >= 11 is 0. The summed E-state index contributed by atoms with van der Waals surface area (Å²) in [6.45, 7) is 0. The van der Waals surface area contributed by atoms with Gasteiger partial charge in [0.2, 0.25) is 0 Å². The molecule has 0 bridgehead atoms. The van der Waals surface area contributed by atoms with Crippen LogP contribution in [0.4, 0.5) is 0 Å². The maximum atomic E-state index is 12.3. The molecule has 0 spiro atoms. The Morgan fingerprint density at radius 1 is 0.694 bits per heavy atom. The zero-order valence-electron chi connectivity index (χ0n) is 21.6. The fourth-order valence-corrected chi connectivity index (χ4v) is 4.09. The molecule has 2 aromatic rings. The topological polar surface area (TPSA) is 93.1 Å². The molecule has 0 amide bonds. The van der Waals surface area contributed by atoms with Gasteiger partial charge in [-0.2, -0.15) is 0 Å². The van der Waals surface area contributed by atoms with Gasteiger partial charge >= 0.3 is 0 Å². The maximum Gasteiger partial charge on any atom is 0.163 e. The Bertz CT molecular complexity index is 995. The number of allylic oxidation sites excluding steroid dienone is 2. The van der Waals surface area contributed by atoms with E-state index in [1.165, 1.54) is 38.8 Å². The van der Waals surface area contributed by atoms with Crippen LogP contribution in [0.1, 0.15) is 86.6 Å². The van der Waals surface area contributed by atoms with Crippen LogP contribution in [0.5, 0.6) is 23.0 Å². The Balaban J connectivity index is 1.46. The summed E-state index contributed by atoms with van der Waals surface area (Å²) < 4.78 is 10.2. The van der Waals surface area contributed by atoms with Crippen LogP contribution in [0.15, 0.2) is 48.6 Å². The third-order valence-corrected chi connectivity index (χ3v) is 6.05. The summed E-state index contributed by atoms with van der Waals surface area (Å²) in [6, 6.07) is 9.57. The molecule has 0 saturated heterocycles. The lowest BCUT2D eigenvalue weighted by Crippen LogP contribution is -2.02. The second kappa shape index (κ2) is 16.4. The normalized spacial score (nSPS) is 11.1. The van der Waals surface area contributed by atoms with Crippen molar-refractivity contribution in [1.29, 1.82) is 0 Å². The standard InChI is InChI=1S/C30H40O6/c1-35-28-18-23(17-26(32)21-28)16-25(31)14-12-10-8-6-4-3-5-7-9-11-13-15-30(34)24-19-27(33)22-29(20-24)36-2/h6,8,17-22,32-33H,3-5,7,9-16H2,1-2H3. The van der Waals surface area contributed by atoms with Crippen LogP contribution in [0, 0.1) is 0 Å². The molecule has 2 rings (SSSR count). The van der Waals surface area contributed by atoms with Crippen molar-refractivity contribution < 1.29 is 29.3 Å². The highest BCUT2D eigenvalue weighted by Gasteiger charge is 2.09. The number of phenols is 2. The van der Waals surface area contributed by atoms with Gasteiger partial charge in [0.25, 0.3) is 0 Å². The smallest absolute Gasteiger partial charge is 0.163 e. The Labute approximate surface area is 215 Å². The quantitative estimate of drug-likeness (QED) is 0.132. The summed E-state index contributed by atoms with van der Waals surface area (Å²) in [4.78, 5) is 24.5. The highest BCUT2D eigenvalue weighted by molar-refractivity contribution is 5.96. The predicted molar refractivity (Wildman–Crippen MR) is 142 cm³/mol. The minimum Gasteiger partial charge on any atom is -0.508 e. The molecule has 0 aliphatic heterocycles. The van der Waals surface area contributed by atoms with Crippen LogP contribution in [0.3, 0.4) is 0 Å². The van der Waals surface area contributed by atoms with E-state index in [4.69, 9.17) is 9.47 Å². The first kappa shape index (κ1) is 29.0.